The van der Waals surface area contributed by atoms with E-state index < -0.39 is 10.8 Å². The number of aryl methyl sites for hydroxylation is 1. The second-order valence-corrected chi connectivity index (χ2v) is 6.94. The number of carbonyl (C=O) groups is 1. The number of nitrogens with one attached hydrogen (secondary N) is 1. The van der Waals surface area contributed by atoms with Crippen LogP contribution in [0.15, 0.2) is 51.8 Å². The lowest BCUT2D eigenvalue weighted by molar-refractivity contribution is -0.113. The lowest BCUT2D eigenvalue weighted by Gasteiger charge is -2.09. The predicted molar refractivity (Wildman–Crippen MR) is 89.6 cm³/mol. The fourth-order valence-electron chi connectivity index (χ4n) is 1.77. The van der Waals surface area contributed by atoms with Gasteiger partial charge in [-0.25, -0.2) is 0 Å². The van der Waals surface area contributed by atoms with Crippen molar-refractivity contribution in [1.29, 1.82) is 0 Å². The number of benzene rings is 2. The quantitative estimate of drug-likeness (QED) is 0.816. The van der Waals surface area contributed by atoms with Crippen molar-refractivity contribution in [3.63, 3.8) is 0 Å². The highest BCUT2D eigenvalue weighted by Crippen LogP contribution is 2.19. The topological polar surface area (TPSA) is 72.2 Å². The molecule has 1 unspecified atom stereocenters. The molecule has 0 aromatic heterocycles. The summed E-state index contributed by atoms with van der Waals surface area (Å²) >= 11 is 3.32. The van der Waals surface area contributed by atoms with Gasteiger partial charge in [-0.3, -0.25) is 9.00 Å². The summed E-state index contributed by atoms with van der Waals surface area (Å²) in [5.41, 5.74) is 7.82. The molecular weight excluding hydrogens is 352 g/mol. The SMILES string of the molecule is Cc1ccc(N)cc1NC(=O)CS(=O)c1cccc(Br)c1. The maximum Gasteiger partial charge on any atom is 0.237 e. The van der Waals surface area contributed by atoms with E-state index in [0.29, 0.717) is 16.3 Å². The summed E-state index contributed by atoms with van der Waals surface area (Å²) in [4.78, 5) is 12.6. The van der Waals surface area contributed by atoms with Gasteiger partial charge in [0.05, 0.1) is 10.8 Å². The summed E-state index contributed by atoms with van der Waals surface area (Å²) in [6, 6.07) is 12.4. The van der Waals surface area contributed by atoms with Gasteiger partial charge in [-0.15, -0.1) is 0 Å². The molecule has 0 aliphatic carbocycles. The van der Waals surface area contributed by atoms with Crippen LogP contribution in [0.25, 0.3) is 0 Å². The third kappa shape index (κ3) is 4.41. The minimum Gasteiger partial charge on any atom is -0.399 e. The van der Waals surface area contributed by atoms with Gasteiger partial charge >= 0.3 is 0 Å². The van der Waals surface area contributed by atoms with Crippen molar-refractivity contribution in [1.82, 2.24) is 0 Å². The van der Waals surface area contributed by atoms with Crippen LogP contribution in [0.1, 0.15) is 5.56 Å². The van der Waals surface area contributed by atoms with Crippen molar-refractivity contribution < 1.29 is 9.00 Å². The molecule has 3 N–H and O–H groups in total. The Hall–Kier alpha value is -1.66. The van der Waals surface area contributed by atoms with E-state index in [4.69, 9.17) is 5.73 Å². The summed E-state index contributed by atoms with van der Waals surface area (Å²) in [7, 11) is -1.38. The lowest BCUT2D eigenvalue weighted by atomic mass is 10.2. The number of nitrogen functional groups attached to an aromatic ring is 1. The van der Waals surface area contributed by atoms with Gasteiger partial charge in [0, 0.05) is 20.7 Å². The standard InChI is InChI=1S/C15H15BrN2O2S/c1-10-5-6-12(17)8-14(10)18-15(19)9-21(20)13-4-2-3-11(16)7-13/h2-8H,9,17H2,1H3,(H,18,19). The molecule has 1 atom stereocenters. The summed E-state index contributed by atoms with van der Waals surface area (Å²) in [5.74, 6) is -0.396. The van der Waals surface area contributed by atoms with Crippen LogP contribution in [0.4, 0.5) is 11.4 Å². The zero-order valence-corrected chi connectivity index (χ0v) is 13.8. The third-order valence-electron chi connectivity index (χ3n) is 2.86. The number of hydrogen-bond donors (Lipinski definition) is 2. The Kier molecular flexibility index (Phi) is 5.14. The van der Waals surface area contributed by atoms with Crippen LogP contribution < -0.4 is 11.1 Å². The number of rotatable bonds is 4. The monoisotopic (exact) mass is 366 g/mol. The molecule has 0 saturated carbocycles. The average Bonchev–Trinajstić information content (AvgIpc) is 2.42. The Morgan fingerprint density at radius 3 is 2.76 bits per heavy atom. The Morgan fingerprint density at radius 1 is 1.29 bits per heavy atom. The minimum atomic E-state index is -1.38. The van der Waals surface area contributed by atoms with Gasteiger partial charge in [-0.05, 0) is 42.8 Å². The molecule has 2 aromatic rings. The molecule has 0 spiro atoms. The van der Waals surface area contributed by atoms with Crippen LogP contribution in [0.2, 0.25) is 0 Å². The Balaban J connectivity index is 2.05. The van der Waals surface area contributed by atoms with E-state index in [1.54, 1.807) is 30.3 Å². The van der Waals surface area contributed by atoms with Crippen LogP contribution in [-0.4, -0.2) is 15.9 Å². The second-order valence-electron chi connectivity index (χ2n) is 4.57. The van der Waals surface area contributed by atoms with Crippen LogP contribution >= 0.6 is 15.9 Å². The molecule has 0 radical (unpaired) electrons. The number of carbonyl (C=O) groups excluding carboxylic acids is 1. The fraction of sp³-hybridized carbons (Fsp3) is 0.133. The Morgan fingerprint density at radius 2 is 2.05 bits per heavy atom. The summed E-state index contributed by atoms with van der Waals surface area (Å²) in [5, 5.41) is 2.74. The molecule has 6 heteroatoms. The van der Waals surface area contributed by atoms with Gasteiger partial charge < -0.3 is 11.1 Å². The summed E-state index contributed by atoms with van der Waals surface area (Å²) in [6.07, 6.45) is 0. The first kappa shape index (κ1) is 15.7. The first-order valence-electron chi connectivity index (χ1n) is 6.25. The number of halogens is 1. The Labute approximate surface area is 134 Å². The first-order chi connectivity index (χ1) is 9.95. The normalized spacial score (nSPS) is 11.9. The van der Waals surface area contributed by atoms with Crippen LogP contribution in [0, 0.1) is 6.92 Å². The molecule has 0 aliphatic rings. The van der Waals surface area contributed by atoms with E-state index in [-0.39, 0.29) is 11.7 Å². The molecule has 1 amide bonds. The van der Waals surface area contributed by atoms with Crippen molar-refractivity contribution in [2.75, 3.05) is 16.8 Å². The van der Waals surface area contributed by atoms with Gasteiger partial charge in [0.25, 0.3) is 0 Å². The predicted octanol–water partition coefficient (Wildman–Crippen LogP) is 3.09. The van der Waals surface area contributed by atoms with E-state index in [9.17, 15) is 9.00 Å². The molecule has 0 bridgehead atoms. The van der Waals surface area contributed by atoms with Gasteiger partial charge in [0.2, 0.25) is 5.91 Å². The van der Waals surface area contributed by atoms with Crippen molar-refractivity contribution in [3.05, 3.63) is 52.5 Å². The van der Waals surface area contributed by atoms with Gasteiger partial charge in [0.15, 0.2) is 0 Å². The van der Waals surface area contributed by atoms with E-state index in [1.165, 1.54) is 0 Å². The maximum absolute atomic E-state index is 12.2. The van der Waals surface area contributed by atoms with Crippen LogP contribution in [0.5, 0.6) is 0 Å². The first-order valence-corrected chi connectivity index (χ1v) is 8.37. The molecule has 4 nitrogen and oxygen atoms in total. The van der Waals surface area contributed by atoms with Crippen molar-refractivity contribution in [2.24, 2.45) is 0 Å². The Bertz CT molecular complexity index is 704. The van der Waals surface area contributed by atoms with Crippen molar-refractivity contribution in [2.45, 2.75) is 11.8 Å². The number of hydrogen-bond acceptors (Lipinski definition) is 3. The largest absolute Gasteiger partial charge is 0.399 e. The fourth-order valence-corrected chi connectivity index (χ4v) is 3.29. The zero-order chi connectivity index (χ0) is 15.4. The smallest absolute Gasteiger partial charge is 0.237 e. The van der Waals surface area contributed by atoms with Crippen LogP contribution in [0.3, 0.4) is 0 Å². The molecule has 21 heavy (non-hydrogen) atoms. The summed E-state index contributed by atoms with van der Waals surface area (Å²) < 4.78 is 13.0. The number of nitrogens with two attached hydrogens (primary N) is 1. The molecule has 0 heterocycles. The van der Waals surface area contributed by atoms with E-state index >= 15 is 0 Å². The third-order valence-corrected chi connectivity index (χ3v) is 4.65. The molecule has 110 valence electrons. The van der Waals surface area contributed by atoms with Crippen molar-refractivity contribution >= 4 is 44.0 Å². The highest BCUT2D eigenvalue weighted by atomic mass is 79.9. The van der Waals surface area contributed by atoms with E-state index in [0.717, 1.165) is 10.0 Å². The highest BCUT2D eigenvalue weighted by molar-refractivity contribution is 9.10. The van der Waals surface area contributed by atoms with E-state index in [2.05, 4.69) is 21.2 Å². The molecule has 0 saturated heterocycles. The molecule has 2 aromatic carbocycles. The highest BCUT2D eigenvalue weighted by Gasteiger charge is 2.12. The second kappa shape index (κ2) is 6.87. The molecular formula is C15H15BrN2O2S. The minimum absolute atomic E-state index is 0.0926. The number of amides is 1. The maximum atomic E-state index is 12.2. The summed E-state index contributed by atoms with van der Waals surface area (Å²) in [6.45, 7) is 1.88. The lowest BCUT2D eigenvalue weighted by Crippen LogP contribution is -2.20. The molecule has 0 fully saturated rings. The average molecular weight is 367 g/mol. The molecule has 0 aliphatic heterocycles. The molecule has 2 rings (SSSR count). The van der Waals surface area contributed by atoms with Crippen molar-refractivity contribution in [3.8, 4) is 0 Å². The van der Waals surface area contributed by atoms with Gasteiger partial charge in [0.1, 0.15) is 5.75 Å². The zero-order valence-electron chi connectivity index (χ0n) is 11.4. The van der Waals surface area contributed by atoms with Crippen LogP contribution in [-0.2, 0) is 15.6 Å². The number of anilines is 2. The van der Waals surface area contributed by atoms with Gasteiger partial charge in [-0.2, -0.15) is 0 Å². The van der Waals surface area contributed by atoms with E-state index in [1.807, 2.05) is 19.1 Å². The van der Waals surface area contributed by atoms with Gasteiger partial charge in [-0.1, -0.05) is 28.1 Å².